The van der Waals surface area contributed by atoms with Gasteiger partial charge in [0.15, 0.2) is 0 Å². The van der Waals surface area contributed by atoms with Crippen molar-refractivity contribution in [3.8, 4) is 5.75 Å². The van der Waals surface area contributed by atoms with Gasteiger partial charge in [-0.05, 0) is 63.6 Å². The normalized spacial score (nSPS) is 17.8. The van der Waals surface area contributed by atoms with Gasteiger partial charge < -0.3 is 10.1 Å². The Hall–Kier alpha value is -3.41. The lowest BCUT2D eigenvalue weighted by atomic mass is 9.91. The number of carbonyl (C=O) groups excluding carboxylic acids is 3. The zero-order valence-corrected chi connectivity index (χ0v) is 16.8. The van der Waals surface area contributed by atoms with Crippen molar-refractivity contribution >= 4 is 29.0 Å². The van der Waals surface area contributed by atoms with E-state index in [-0.39, 0.29) is 5.54 Å². The highest BCUT2D eigenvalue weighted by Gasteiger charge is 2.41. The van der Waals surface area contributed by atoms with Gasteiger partial charge >= 0.3 is 5.97 Å². The number of anilines is 1. The molecule has 148 valence electrons. The number of fused-ring (bicyclic) bond motifs is 2. The Bertz CT molecular complexity index is 1050. The number of ether oxygens (including phenoxy) is 1. The number of esters is 1. The zero-order chi connectivity index (χ0) is 20.9. The van der Waals surface area contributed by atoms with E-state index in [0.717, 1.165) is 21.7 Å². The summed E-state index contributed by atoms with van der Waals surface area (Å²) in [5, 5.41) is 3.42. The molecule has 2 heterocycles. The highest BCUT2D eigenvalue weighted by molar-refractivity contribution is 6.22. The minimum absolute atomic E-state index is 0.157. The molecule has 6 heteroatoms. The first-order chi connectivity index (χ1) is 13.7. The molecule has 29 heavy (non-hydrogen) atoms. The van der Waals surface area contributed by atoms with Crippen LogP contribution in [0.1, 0.15) is 54.0 Å². The molecule has 1 N–H and O–H groups in total. The molecule has 1 atom stereocenters. The monoisotopic (exact) mass is 390 g/mol. The van der Waals surface area contributed by atoms with Crippen molar-refractivity contribution in [1.29, 1.82) is 0 Å². The van der Waals surface area contributed by atoms with Gasteiger partial charge in [0.1, 0.15) is 11.8 Å². The van der Waals surface area contributed by atoms with Gasteiger partial charge in [0.2, 0.25) is 0 Å². The minimum Gasteiger partial charge on any atom is -0.425 e. The molecule has 4 rings (SSSR count). The van der Waals surface area contributed by atoms with E-state index in [9.17, 15) is 14.4 Å². The van der Waals surface area contributed by atoms with Crippen molar-refractivity contribution in [2.24, 2.45) is 0 Å². The summed E-state index contributed by atoms with van der Waals surface area (Å²) in [5.74, 6) is -1.26. The summed E-state index contributed by atoms with van der Waals surface area (Å²) in [5.41, 5.74) is 3.44. The van der Waals surface area contributed by atoms with E-state index >= 15 is 0 Å². The summed E-state index contributed by atoms with van der Waals surface area (Å²) in [6.45, 7) is 7.67. The van der Waals surface area contributed by atoms with Crippen molar-refractivity contribution in [3.63, 3.8) is 0 Å². The smallest absolute Gasteiger partial charge is 0.334 e. The lowest BCUT2D eigenvalue weighted by Crippen LogP contribution is -2.44. The average Bonchev–Trinajstić information content (AvgIpc) is 2.92. The van der Waals surface area contributed by atoms with Crippen LogP contribution in [0.25, 0.3) is 5.57 Å². The summed E-state index contributed by atoms with van der Waals surface area (Å²) in [6.07, 6.45) is 2.11. The van der Waals surface area contributed by atoms with Gasteiger partial charge in [-0.25, -0.2) is 4.79 Å². The lowest BCUT2D eigenvalue weighted by Gasteiger charge is -2.31. The molecule has 0 bridgehead atoms. The summed E-state index contributed by atoms with van der Waals surface area (Å²) < 4.78 is 5.51. The van der Waals surface area contributed by atoms with E-state index in [2.05, 4.69) is 25.2 Å². The molecule has 2 aliphatic heterocycles. The van der Waals surface area contributed by atoms with Gasteiger partial charge in [-0.2, -0.15) is 0 Å². The standard InChI is InChI=1S/C23H22N2O4/c1-13-12-23(3,4)24-19-10-9-15(11-18(13)19)29-22(28)14(2)25-20(26)16-7-5-6-8-17(16)21(25)27/h5-12,14,24H,1-4H3/t14-/m1/s1. The van der Waals surface area contributed by atoms with Crippen LogP contribution in [-0.4, -0.2) is 34.3 Å². The Morgan fingerprint density at radius 3 is 2.28 bits per heavy atom. The molecule has 0 aliphatic carbocycles. The maximum atomic E-state index is 12.7. The van der Waals surface area contributed by atoms with Crippen LogP contribution in [0, 0.1) is 0 Å². The molecule has 0 aromatic heterocycles. The second-order valence-electron chi connectivity index (χ2n) is 8.00. The van der Waals surface area contributed by atoms with Crippen LogP contribution in [0.15, 0.2) is 48.5 Å². The molecule has 0 fully saturated rings. The highest BCUT2D eigenvalue weighted by Crippen LogP contribution is 2.36. The van der Waals surface area contributed by atoms with Crippen LogP contribution >= 0.6 is 0 Å². The highest BCUT2D eigenvalue weighted by atomic mass is 16.5. The Balaban J connectivity index is 1.54. The van der Waals surface area contributed by atoms with E-state index in [1.54, 1.807) is 36.4 Å². The second kappa shape index (κ2) is 6.58. The van der Waals surface area contributed by atoms with Crippen LogP contribution in [0.2, 0.25) is 0 Å². The Morgan fingerprint density at radius 1 is 1.03 bits per heavy atom. The van der Waals surface area contributed by atoms with Crippen molar-refractivity contribution in [1.82, 2.24) is 4.90 Å². The SMILES string of the molecule is CC1=CC(C)(C)Nc2ccc(OC(=O)[C@@H](C)N3C(=O)c4ccccc4C3=O)cc21. The molecule has 0 spiro atoms. The summed E-state index contributed by atoms with van der Waals surface area (Å²) in [7, 11) is 0. The predicted octanol–water partition coefficient (Wildman–Crippen LogP) is 3.88. The van der Waals surface area contributed by atoms with E-state index in [1.807, 2.05) is 13.0 Å². The first-order valence-corrected chi connectivity index (χ1v) is 9.48. The van der Waals surface area contributed by atoms with Crippen molar-refractivity contribution in [3.05, 3.63) is 65.2 Å². The number of benzene rings is 2. The zero-order valence-electron chi connectivity index (χ0n) is 16.8. The maximum absolute atomic E-state index is 12.7. The minimum atomic E-state index is -1.04. The quantitative estimate of drug-likeness (QED) is 0.489. The number of hydrogen-bond acceptors (Lipinski definition) is 5. The fraction of sp³-hybridized carbons (Fsp3) is 0.261. The number of nitrogens with one attached hydrogen (secondary N) is 1. The molecule has 2 aromatic rings. The van der Waals surface area contributed by atoms with Crippen LogP contribution in [-0.2, 0) is 4.79 Å². The Morgan fingerprint density at radius 2 is 1.66 bits per heavy atom. The lowest BCUT2D eigenvalue weighted by molar-refractivity contribution is -0.138. The average molecular weight is 390 g/mol. The molecule has 0 saturated heterocycles. The van der Waals surface area contributed by atoms with Gasteiger partial charge in [-0.3, -0.25) is 14.5 Å². The maximum Gasteiger partial charge on any atom is 0.334 e. The third kappa shape index (κ3) is 3.20. The van der Waals surface area contributed by atoms with Crippen molar-refractivity contribution < 1.29 is 19.1 Å². The number of allylic oxidation sites excluding steroid dienone is 1. The van der Waals surface area contributed by atoms with Crippen LogP contribution in [0.4, 0.5) is 5.69 Å². The van der Waals surface area contributed by atoms with E-state index in [1.165, 1.54) is 6.92 Å². The second-order valence-corrected chi connectivity index (χ2v) is 8.00. The first-order valence-electron chi connectivity index (χ1n) is 9.48. The van der Waals surface area contributed by atoms with E-state index < -0.39 is 23.8 Å². The van der Waals surface area contributed by atoms with Gasteiger partial charge in [0.25, 0.3) is 11.8 Å². The van der Waals surface area contributed by atoms with Gasteiger partial charge in [-0.15, -0.1) is 0 Å². The van der Waals surface area contributed by atoms with Gasteiger partial charge in [-0.1, -0.05) is 18.2 Å². The van der Waals surface area contributed by atoms with Crippen LogP contribution in [0.5, 0.6) is 5.75 Å². The topological polar surface area (TPSA) is 75.7 Å². The van der Waals surface area contributed by atoms with Crippen molar-refractivity contribution in [2.45, 2.75) is 39.3 Å². The molecule has 0 radical (unpaired) electrons. The van der Waals surface area contributed by atoms with Crippen LogP contribution in [0.3, 0.4) is 0 Å². The molecule has 6 nitrogen and oxygen atoms in total. The number of hydrogen-bond donors (Lipinski definition) is 1. The molecule has 2 amide bonds. The number of nitrogens with zero attached hydrogens (tertiary/aromatic N) is 1. The first kappa shape index (κ1) is 18.9. The molecule has 0 saturated carbocycles. The number of carbonyl (C=O) groups is 3. The molecular formula is C23H22N2O4. The van der Waals surface area contributed by atoms with Gasteiger partial charge in [0.05, 0.1) is 16.7 Å². The third-order valence-corrected chi connectivity index (χ3v) is 5.22. The fourth-order valence-electron chi connectivity index (χ4n) is 3.89. The Labute approximate surface area is 169 Å². The largest absolute Gasteiger partial charge is 0.425 e. The van der Waals surface area contributed by atoms with E-state index in [0.29, 0.717) is 16.9 Å². The number of imide groups is 1. The summed E-state index contributed by atoms with van der Waals surface area (Å²) in [4.78, 5) is 38.8. The molecule has 2 aromatic carbocycles. The predicted molar refractivity (Wildman–Crippen MR) is 110 cm³/mol. The molecule has 0 unspecified atom stereocenters. The third-order valence-electron chi connectivity index (χ3n) is 5.22. The number of rotatable bonds is 3. The number of amides is 2. The van der Waals surface area contributed by atoms with E-state index in [4.69, 9.17) is 4.74 Å². The van der Waals surface area contributed by atoms with Gasteiger partial charge in [0, 0.05) is 11.3 Å². The Kier molecular flexibility index (Phi) is 4.30. The molecule has 2 aliphatic rings. The van der Waals surface area contributed by atoms with Crippen LogP contribution < -0.4 is 10.1 Å². The fourth-order valence-corrected chi connectivity index (χ4v) is 3.89. The summed E-state index contributed by atoms with van der Waals surface area (Å²) >= 11 is 0. The molecular weight excluding hydrogens is 368 g/mol. The summed E-state index contributed by atoms with van der Waals surface area (Å²) in [6, 6.07) is 10.9. The van der Waals surface area contributed by atoms with Crippen molar-refractivity contribution in [2.75, 3.05) is 5.32 Å².